The molecule has 2 N–H and O–H groups in total. The summed E-state index contributed by atoms with van der Waals surface area (Å²) >= 11 is 0. The molecule has 1 fully saturated rings. The van der Waals surface area contributed by atoms with Gasteiger partial charge in [-0.1, -0.05) is 12.1 Å². The Kier molecular flexibility index (Phi) is 4.40. The third-order valence-corrected chi connectivity index (χ3v) is 3.83. The van der Waals surface area contributed by atoms with E-state index in [1.54, 1.807) is 0 Å². The van der Waals surface area contributed by atoms with Gasteiger partial charge in [-0.15, -0.1) is 12.4 Å². The number of carbonyl (C=O) groups is 1. The first kappa shape index (κ1) is 14.9. The molecule has 0 bridgehead atoms. The number of ether oxygens (including phenoxy) is 2. The van der Waals surface area contributed by atoms with E-state index in [9.17, 15) is 4.79 Å². The first-order valence-electron chi connectivity index (χ1n) is 6.56. The lowest BCUT2D eigenvalue weighted by molar-refractivity contribution is -0.129. The van der Waals surface area contributed by atoms with Crippen LogP contribution in [-0.4, -0.2) is 25.8 Å². The van der Waals surface area contributed by atoms with Crippen molar-refractivity contribution in [1.29, 1.82) is 0 Å². The second kappa shape index (κ2) is 5.89. The van der Waals surface area contributed by atoms with Crippen LogP contribution in [0.25, 0.3) is 0 Å². The first-order valence-corrected chi connectivity index (χ1v) is 6.56. The summed E-state index contributed by atoms with van der Waals surface area (Å²) in [6, 6.07) is 5.73. The predicted octanol–water partition coefficient (Wildman–Crippen LogP) is 1.45. The molecule has 3 rings (SSSR count). The second-order valence-electron chi connectivity index (χ2n) is 5.32. The van der Waals surface area contributed by atoms with E-state index in [0.717, 1.165) is 36.6 Å². The van der Waals surface area contributed by atoms with Gasteiger partial charge in [0.2, 0.25) is 12.7 Å². The Morgan fingerprint density at radius 1 is 1.45 bits per heavy atom. The van der Waals surface area contributed by atoms with Crippen molar-refractivity contribution >= 4 is 18.3 Å². The van der Waals surface area contributed by atoms with E-state index in [4.69, 9.17) is 9.47 Å². The van der Waals surface area contributed by atoms with Crippen LogP contribution in [0.2, 0.25) is 0 Å². The topological polar surface area (TPSA) is 59.6 Å². The van der Waals surface area contributed by atoms with Gasteiger partial charge in [-0.25, -0.2) is 0 Å². The average Bonchev–Trinajstić information content (AvgIpc) is 3.05. The molecular weight excluding hydrogens is 280 g/mol. The third-order valence-electron chi connectivity index (χ3n) is 3.83. The summed E-state index contributed by atoms with van der Waals surface area (Å²) < 4.78 is 10.7. The Balaban J connectivity index is 0.00000147. The lowest BCUT2D eigenvalue weighted by Crippen LogP contribution is -2.40. The fourth-order valence-electron chi connectivity index (χ4n) is 2.53. The summed E-state index contributed by atoms with van der Waals surface area (Å²) in [6.07, 6.45) is 0.880. The van der Waals surface area contributed by atoms with Crippen LogP contribution >= 0.6 is 12.4 Å². The summed E-state index contributed by atoms with van der Waals surface area (Å²) in [5, 5.41) is 6.22. The molecule has 1 saturated heterocycles. The van der Waals surface area contributed by atoms with Crippen LogP contribution in [0.5, 0.6) is 11.5 Å². The largest absolute Gasteiger partial charge is 0.454 e. The smallest absolute Gasteiger partial charge is 0.231 e. The van der Waals surface area contributed by atoms with Crippen LogP contribution in [0, 0.1) is 5.41 Å². The molecule has 1 unspecified atom stereocenters. The zero-order chi connectivity index (χ0) is 13.3. The summed E-state index contributed by atoms with van der Waals surface area (Å²) in [7, 11) is 0. The molecule has 0 aliphatic carbocycles. The summed E-state index contributed by atoms with van der Waals surface area (Å²) in [5.74, 6) is 1.59. The van der Waals surface area contributed by atoms with Gasteiger partial charge >= 0.3 is 0 Å². The fraction of sp³-hybridized carbons (Fsp3) is 0.500. The van der Waals surface area contributed by atoms with Crippen molar-refractivity contribution in [2.45, 2.75) is 19.9 Å². The first-order chi connectivity index (χ1) is 9.19. The number of benzene rings is 1. The Morgan fingerprint density at radius 3 is 3.05 bits per heavy atom. The average molecular weight is 299 g/mol. The molecule has 2 aliphatic rings. The molecule has 1 aromatic rings. The molecule has 1 amide bonds. The monoisotopic (exact) mass is 298 g/mol. The van der Waals surface area contributed by atoms with Crippen LogP contribution in [-0.2, 0) is 11.3 Å². The van der Waals surface area contributed by atoms with Crippen molar-refractivity contribution in [3.05, 3.63) is 23.8 Å². The Hall–Kier alpha value is -1.46. The molecule has 20 heavy (non-hydrogen) atoms. The van der Waals surface area contributed by atoms with Gasteiger partial charge in [0.1, 0.15) is 0 Å². The van der Waals surface area contributed by atoms with Crippen molar-refractivity contribution < 1.29 is 14.3 Å². The van der Waals surface area contributed by atoms with Gasteiger partial charge < -0.3 is 20.1 Å². The lowest BCUT2D eigenvalue weighted by atomic mass is 9.89. The highest BCUT2D eigenvalue weighted by atomic mass is 35.5. The number of nitrogens with one attached hydrogen (secondary N) is 2. The van der Waals surface area contributed by atoms with Crippen LogP contribution in [0.4, 0.5) is 0 Å². The van der Waals surface area contributed by atoms with Gasteiger partial charge in [0, 0.05) is 18.7 Å². The summed E-state index contributed by atoms with van der Waals surface area (Å²) in [4.78, 5) is 12.2. The van der Waals surface area contributed by atoms with Crippen LogP contribution < -0.4 is 20.1 Å². The summed E-state index contributed by atoms with van der Waals surface area (Å²) in [6.45, 7) is 4.37. The zero-order valence-electron chi connectivity index (χ0n) is 11.4. The molecule has 5 nitrogen and oxygen atoms in total. The number of halogens is 1. The Morgan fingerprint density at radius 2 is 2.30 bits per heavy atom. The van der Waals surface area contributed by atoms with Gasteiger partial charge in [-0.05, 0) is 26.0 Å². The highest BCUT2D eigenvalue weighted by molar-refractivity contribution is 5.85. The SMILES string of the molecule is CC1(C(=O)NCc2cccc3c2OCO3)CCNC1.Cl. The maximum absolute atomic E-state index is 12.2. The van der Waals surface area contributed by atoms with Gasteiger partial charge in [0.05, 0.1) is 5.41 Å². The Labute approximate surface area is 124 Å². The highest BCUT2D eigenvalue weighted by Gasteiger charge is 2.36. The fourth-order valence-corrected chi connectivity index (χ4v) is 2.53. The number of hydrogen-bond donors (Lipinski definition) is 2. The molecular formula is C14H19ClN2O3. The molecule has 0 saturated carbocycles. The standard InChI is InChI=1S/C14H18N2O3.ClH/c1-14(5-6-15-8-14)13(17)16-7-10-3-2-4-11-12(10)19-9-18-11;/h2-4,15H,5-9H2,1H3,(H,16,17);1H. The van der Waals surface area contributed by atoms with E-state index in [1.165, 1.54) is 0 Å². The van der Waals surface area contributed by atoms with Crippen molar-refractivity contribution in [1.82, 2.24) is 10.6 Å². The molecule has 0 spiro atoms. The molecule has 1 aromatic carbocycles. The number of amides is 1. The van der Waals surface area contributed by atoms with Crippen LogP contribution in [0.3, 0.4) is 0 Å². The van der Waals surface area contributed by atoms with E-state index < -0.39 is 0 Å². The minimum atomic E-state index is -0.296. The number of para-hydroxylation sites is 1. The molecule has 1 atom stereocenters. The van der Waals surface area contributed by atoms with Crippen molar-refractivity contribution in [2.75, 3.05) is 19.9 Å². The number of hydrogen-bond acceptors (Lipinski definition) is 4. The van der Waals surface area contributed by atoms with Gasteiger partial charge in [0.25, 0.3) is 0 Å². The van der Waals surface area contributed by atoms with Crippen molar-refractivity contribution in [3.8, 4) is 11.5 Å². The lowest BCUT2D eigenvalue weighted by Gasteiger charge is -2.21. The zero-order valence-corrected chi connectivity index (χ0v) is 12.2. The second-order valence-corrected chi connectivity index (χ2v) is 5.32. The molecule has 2 heterocycles. The molecule has 110 valence electrons. The van der Waals surface area contributed by atoms with Crippen molar-refractivity contribution in [3.63, 3.8) is 0 Å². The molecule has 0 radical (unpaired) electrons. The predicted molar refractivity (Wildman–Crippen MR) is 77.3 cm³/mol. The van der Waals surface area contributed by atoms with Crippen LogP contribution in [0.15, 0.2) is 18.2 Å². The van der Waals surface area contributed by atoms with E-state index in [-0.39, 0.29) is 30.5 Å². The minimum absolute atomic E-state index is 0. The van der Waals surface area contributed by atoms with Crippen molar-refractivity contribution in [2.24, 2.45) is 5.41 Å². The summed E-state index contributed by atoms with van der Waals surface area (Å²) in [5.41, 5.74) is 0.660. The minimum Gasteiger partial charge on any atom is -0.454 e. The molecule has 0 aromatic heterocycles. The Bertz CT molecular complexity index is 501. The number of rotatable bonds is 3. The van der Waals surface area contributed by atoms with Gasteiger partial charge in [0.15, 0.2) is 11.5 Å². The van der Waals surface area contributed by atoms with E-state index >= 15 is 0 Å². The maximum Gasteiger partial charge on any atom is 0.231 e. The number of fused-ring (bicyclic) bond motifs is 1. The van der Waals surface area contributed by atoms with Gasteiger partial charge in [-0.3, -0.25) is 4.79 Å². The van der Waals surface area contributed by atoms with E-state index in [2.05, 4.69) is 10.6 Å². The molecule has 2 aliphatic heterocycles. The molecule has 6 heteroatoms. The highest BCUT2D eigenvalue weighted by Crippen LogP contribution is 2.35. The van der Waals surface area contributed by atoms with E-state index in [1.807, 2.05) is 25.1 Å². The quantitative estimate of drug-likeness (QED) is 0.887. The number of carbonyl (C=O) groups excluding carboxylic acids is 1. The third kappa shape index (κ3) is 2.69. The maximum atomic E-state index is 12.2. The normalized spacial score (nSPS) is 23.2. The van der Waals surface area contributed by atoms with E-state index in [0.29, 0.717) is 6.54 Å². The van der Waals surface area contributed by atoms with Gasteiger partial charge in [-0.2, -0.15) is 0 Å². The van der Waals surface area contributed by atoms with Crippen LogP contribution in [0.1, 0.15) is 18.9 Å².